The topological polar surface area (TPSA) is 43.6 Å². The predicted octanol–water partition coefficient (Wildman–Crippen LogP) is 13.3. The summed E-state index contributed by atoms with van der Waals surface area (Å²) in [6, 6.07) is 77.7. The fourth-order valence-electron chi connectivity index (χ4n) is 7.83. The molecule has 5 heteroatoms. The third kappa shape index (κ3) is 5.77. The first-order chi connectivity index (χ1) is 27.8. The summed E-state index contributed by atoms with van der Waals surface area (Å²) in [5.41, 5.74) is 6.33. The molecule has 0 aliphatic heterocycles. The molecule has 0 N–H and O–H groups in total. The maximum absolute atomic E-state index is 5.13. The van der Waals surface area contributed by atoms with Crippen molar-refractivity contribution in [3.8, 4) is 39.9 Å². The van der Waals surface area contributed by atoms with Gasteiger partial charge in [-0.25, -0.2) is 15.0 Å². The van der Waals surface area contributed by atoms with Gasteiger partial charge in [-0.1, -0.05) is 146 Å². The molecule has 0 fully saturated rings. The largest absolute Gasteiger partial charge is 0.309 e. The summed E-state index contributed by atoms with van der Waals surface area (Å²) in [7, 11) is -2.06. The number of aromatic nitrogens is 4. The van der Waals surface area contributed by atoms with Crippen molar-refractivity contribution in [1.29, 1.82) is 0 Å². The van der Waals surface area contributed by atoms with Crippen molar-refractivity contribution in [2.24, 2.45) is 0 Å². The summed E-state index contributed by atoms with van der Waals surface area (Å²) in [5.74, 6) is 1.92. The zero-order valence-electron chi connectivity index (χ0n) is 30.5. The fourth-order valence-corrected chi connectivity index (χ4v) is 11.7. The number of fused-ring (bicyclic) bond motifs is 3. The molecule has 10 rings (SSSR count). The lowest BCUT2D eigenvalue weighted by Crippen LogP contribution is -2.06. The monoisotopic (exact) mass is 736 g/mol. The molecule has 0 aliphatic carbocycles. The molecule has 0 atom stereocenters. The van der Waals surface area contributed by atoms with Crippen LogP contribution < -0.4 is 0 Å². The number of nitrogens with zero attached hydrogens (tertiary/aromatic N) is 4. The molecular formula is C51H36N4S. The number of benzene rings is 8. The Balaban J connectivity index is 1.24. The third-order valence-corrected chi connectivity index (χ3v) is 14.2. The molecule has 2 aromatic heterocycles. The van der Waals surface area contributed by atoms with Gasteiger partial charge >= 0.3 is 0 Å². The highest BCUT2D eigenvalue weighted by Gasteiger charge is 2.34. The Morgan fingerprint density at radius 3 is 1.32 bits per heavy atom. The van der Waals surface area contributed by atoms with E-state index in [-0.39, 0.29) is 0 Å². The summed E-state index contributed by atoms with van der Waals surface area (Å²) in [6.45, 7) is 0. The molecule has 56 heavy (non-hydrogen) atoms. The minimum absolute atomic E-state index is 0.635. The van der Waals surface area contributed by atoms with Crippen LogP contribution in [0.4, 0.5) is 0 Å². The molecule has 0 spiro atoms. The number of para-hydroxylation sites is 2. The molecule has 0 bridgehead atoms. The molecule has 0 amide bonds. The Kier molecular flexibility index (Phi) is 8.55. The lowest BCUT2D eigenvalue weighted by atomic mass is 10.1. The predicted molar refractivity (Wildman–Crippen MR) is 230 cm³/mol. The average molecular weight is 737 g/mol. The third-order valence-electron chi connectivity index (χ3n) is 10.4. The average Bonchev–Trinajstić information content (AvgIpc) is 3.62. The van der Waals surface area contributed by atoms with Crippen molar-refractivity contribution < 1.29 is 0 Å². The Morgan fingerprint density at radius 2 is 0.732 bits per heavy atom. The van der Waals surface area contributed by atoms with Crippen LogP contribution in [0.2, 0.25) is 0 Å². The van der Waals surface area contributed by atoms with E-state index in [1.54, 1.807) is 0 Å². The molecule has 0 aliphatic rings. The maximum atomic E-state index is 5.13. The first-order valence-electron chi connectivity index (χ1n) is 18.8. The maximum Gasteiger partial charge on any atom is 0.164 e. The zero-order chi connectivity index (χ0) is 37.3. The van der Waals surface area contributed by atoms with Crippen LogP contribution in [-0.4, -0.2) is 19.5 Å². The van der Waals surface area contributed by atoms with Gasteiger partial charge in [0.15, 0.2) is 17.5 Å². The molecule has 0 radical (unpaired) electrons. The van der Waals surface area contributed by atoms with Crippen LogP contribution in [0, 0.1) is 0 Å². The molecular weight excluding hydrogens is 701 g/mol. The van der Waals surface area contributed by atoms with E-state index in [2.05, 4.69) is 187 Å². The van der Waals surface area contributed by atoms with Crippen molar-refractivity contribution in [3.05, 3.63) is 218 Å². The molecule has 10 aromatic rings. The highest BCUT2D eigenvalue weighted by Crippen LogP contribution is 2.74. The van der Waals surface area contributed by atoms with Crippen LogP contribution in [0.25, 0.3) is 61.7 Å². The van der Waals surface area contributed by atoms with Crippen molar-refractivity contribution in [2.75, 3.05) is 0 Å². The number of hydrogen-bond acceptors (Lipinski definition) is 3. The second-order valence-corrected chi connectivity index (χ2v) is 16.8. The summed E-state index contributed by atoms with van der Waals surface area (Å²) < 4.78 is 2.38. The van der Waals surface area contributed by atoms with E-state index in [9.17, 15) is 0 Å². The molecule has 4 nitrogen and oxygen atoms in total. The van der Waals surface area contributed by atoms with Gasteiger partial charge in [0.2, 0.25) is 0 Å². The lowest BCUT2D eigenvalue weighted by molar-refractivity contribution is 1.07. The summed E-state index contributed by atoms with van der Waals surface area (Å²) in [6.07, 6.45) is 0. The van der Waals surface area contributed by atoms with Crippen molar-refractivity contribution in [2.45, 2.75) is 19.6 Å². The molecule has 0 unspecified atom stereocenters. The molecule has 0 saturated heterocycles. The smallest absolute Gasteiger partial charge is 0.164 e. The SMILES string of the molecule is c1ccc(-c2nc(-c3ccccc3)nc(-c3cccc(S(c4ccccc4)(c4ccccc4)c4ccc5c(c4)c4ccccc4n5-c4ccccc4)c3)n2)cc1. The second-order valence-electron chi connectivity index (χ2n) is 13.7. The Hall–Kier alpha value is -7.08. The minimum atomic E-state index is -2.06. The molecule has 0 saturated carbocycles. The van der Waals surface area contributed by atoms with E-state index in [0.717, 1.165) is 22.4 Å². The zero-order valence-corrected chi connectivity index (χ0v) is 31.3. The summed E-state index contributed by atoms with van der Waals surface area (Å²) >= 11 is 0. The lowest BCUT2D eigenvalue weighted by Gasteiger charge is -2.42. The highest BCUT2D eigenvalue weighted by molar-refractivity contribution is 8.34. The summed E-state index contributed by atoms with van der Waals surface area (Å²) in [4.78, 5) is 20.2. The van der Waals surface area contributed by atoms with Gasteiger partial charge in [0.05, 0.1) is 11.0 Å². The fraction of sp³-hybridized carbons (Fsp3) is 0. The van der Waals surface area contributed by atoms with Crippen LogP contribution in [-0.2, 0) is 0 Å². The van der Waals surface area contributed by atoms with Crippen molar-refractivity contribution in [3.63, 3.8) is 0 Å². The van der Waals surface area contributed by atoms with Crippen molar-refractivity contribution in [1.82, 2.24) is 19.5 Å². The van der Waals surface area contributed by atoms with Gasteiger partial charge in [0.25, 0.3) is 0 Å². The molecule has 2 heterocycles. The van der Waals surface area contributed by atoms with Crippen LogP contribution in [0.15, 0.2) is 238 Å². The van der Waals surface area contributed by atoms with Crippen LogP contribution >= 0.6 is 10.0 Å². The quantitative estimate of drug-likeness (QED) is 0.156. The Bertz CT molecular complexity index is 2850. The van der Waals surface area contributed by atoms with Crippen LogP contribution in [0.3, 0.4) is 0 Å². The van der Waals surface area contributed by atoms with Gasteiger partial charge in [-0.15, -0.1) is 10.0 Å². The first-order valence-corrected chi connectivity index (χ1v) is 20.4. The van der Waals surface area contributed by atoms with E-state index in [4.69, 9.17) is 15.0 Å². The Labute approximate surface area is 327 Å². The van der Waals surface area contributed by atoms with Crippen LogP contribution in [0.1, 0.15) is 0 Å². The van der Waals surface area contributed by atoms with E-state index in [1.165, 1.54) is 41.4 Å². The molecule has 266 valence electrons. The van der Waals surface area contributed by atoms with E-state index in [0.29, 0.717) is 17.5 Å². The molecule has 8 aromatic carbocycles. The standard InChI is InChI=1S/C51H36N4S/c1-6-19-37(20-7-1)49-52-50(38-21-8-2-9-22-38)54-51(53-49)39-23-18-30-43(35-39)56(41-26-12-4-13-27-41,42-28-14-5-15-29-42)44-33-34-48-46(36-44)45-31-16-17-32-47(45)55(48)40-24-10-3-11-25-40/h1-36H. The van der Waals surface area contributed by atoms with Gasteiger partial charge in [-0.3, -0.25) is 0 Å². The number of hydrogen-bond donors (Lipinski definition) is 0. The summed E-state index contributed by atoms with van der Waals surface area (Å²) in [5, 5.41) is 2.45. The van der Waals surface area contributed by atoms with Gasteiger partial charge in [-0.2, -0.15) is 0 Å². The van der Waals surface area contributed by atoms with Gasteiger partial charge in [0, 0.05) is 52.7 Å². The van der Waals surface area contributed by atoms with E-state index in [1.807, 2.05) is 36.4 Å². The van der Waals surface area contributed by atoms with Gasteiger partial charge < -0.3 is 4.57 Å². The van der Waals surface area contributed by atoms with Crippen LogP contribution in [0.5, 0.6) is 0 Å². The van der Waals surface area contributed by atoms with Gasteiger partial charge in [-0.05, 0) is 72.8 Å². The van der Waals surface area contributed by atoms with Crippen molar-refractivity contribution >= 4 is 31.8 Å². The van der Waals surface area contributed by atoms with E-state index < -0.39 is 10.0 Å². The van der Waals surface area contributed by atoms with Gasteiger partial charge in [0.1, 0.15) is 0 Å². The first kappa shape index (κ1) is 33.5. The normalized spacial score (nSPS) is 11.9. The number of rotatable bonds is 8. The second kappa shape index (κ2) is 14.3. The van der Waals surface area contributed by atoms with E-state index >= 15 is 0 Å². The minimum Gasteiger partial charge on any atom is -0.309 e. The Morgan fingerprint density at radius 1 is 0.304 bits per heavy atom. The highest BCUT2D eigenvalue weighted by atomic mass is 32.3.